The summed E-state index contributed by atoms with van der Waals surface area (Å²) < 4.78 is 0. The monoisotopic (exact) mass is 230 g/mol. The topological polar surface area (TPSA) is 86.2 Å². The van der Waals surface area contributed by atoms with Crippen molar-refractivity contribution in [3.63, 3.8) is 0 Å². The van der Waals surface area contributed by atoms with Crippen molar-refractivity contribution in [3.8, 4) is 0 Å². The average molecular weight is 230 g/mol. The fraction of sp³-hybridized carbons (Fsp3) is 0.556. The summed E-state index contributed by atoms with van der Waals surface area (Å²) in [6, 6.07) is 0. The Morgan fingerprint density at radius 2 is 2.33 bits per heavy atom. The number of aliphatic carboxylic acids is 1. The van der Waals surface area contributed by atoms with Gasteiger partial charge in [-0.05, 0) is 12.7 Å². The van der Waals surface area contributed by atoms with Crippen molar-refractivity contribution in [1.29, 1.82) is 0 Å². The largest absolute Gasteiger partial charge is 0.479 e. The summed E-state index contributed by atoms with van der Waals surface area (Å²) in [5.74, 6) is -0.547. The third-order valence-electron chi connectivity index (χ3n) is 1.93. The zero-order chi connectivity index (χ0) is 11.4. The number of rotatable bonds is 5. The number of imidazole rings is 1. The van der Waals surface area contributed by atoms with E-state index < -0.39 is 12.1 Å². The van der Waals surface area contributed by atoms with Crippen LogP contribution in [-0.2, 0) is 11.2 Å². The molecule has 0 spiro atoms. The predicted molar refractivity (Wildman–Crippen MR) is 57.0 cm³/mol. The highest BCUT2D eigenvalue weighted by Gasteiger charge is 2.22. The van der Waals surface area contributed by atoms with Crippen molar-refractivity contribution in [3.05, 3.63) is 11.5 Å². The van der Waals surface area contributed by atoms with Gasteiger partial charge in [-0.25, -0.2) is 9.78 Å². The Balaban J connectivity index is 2.99. The number of thioether (sulfide) groups is 1. The molecule has 6 heteroatoms. The predicted octanol–water partition coefficient (Wildman–Crippen LogP) is 1.20. The lowest BCUT2D eigenvalue weighted by Crippen LogP contribution is -2.11. The molecule has 1 aromatic heterocycles. The number of carboxylic acids is 1. The average Bonchev–Trinajstić information content (AvgIpc) is 2.60. The Kier molecular flexibility index (Phi) is 4.16. The number of aryl methyl sites for hydroxylation is 1. The molecule has 0 aliphatic heterocycles. The number of aliphatic hydroxyl groups excluding tert-OH is 1. The number of aromatic nitrogens is 2. The van der Waals surface area contributed by atoms with Crippen LogP contribution in [0.5, 0.6) is 0 Å². The van der Waals surface area contributed by atoms with Crippen LogP contribution in [-0.4, -0.2) is 32.4 Å². The molecule has 0 aliphatic carbocycles. The van der Waals surface area contributed by atoms with Gasteiger partial charge in [-0.2, -0.15) is 0 Å². The van der Waals surface area contributed by atoms with Crippen LogP contribution in [0.2, 0.25) is 0 Å². The maximum Gasteiger partial charge on any atom is 0.338 e. The molecule has 15 heavy (non-hydrogen) atoms. The Morgan fingerprint density at radius 1 is 1.67 bits per heavy atom. The molecule has 0 bridgehead atoms. The normalized spacial score (nSPS) is 12.7. The second-order valence-corrected chi connectivity index (χ2v) is 3.89. The van der Waals surface area contributed by atoms with Crippen molar-refractivity contribution in [2.75, 3.05) is 6.26 Å². The Hall–Kier alpha value is -1.01. The van der Waals surface area contributed by atoms with Crippen molar-refractivity contribution in [1.82, 2.24) is 9.97 Å². The van der Waals surface area contributed by atoms with Gasteiger partial charge in [-0.3, -0.25) is 0 Å². The van der Waals surface area contributed by atoms with Gasteiger partial charge in [-0.15, -0.1) is 11.8 Å². The maximum atomic E-state index is 10.6. The minimum atomic E-state index is -1.52. The minimum Gasteiger partial charge on any atom is -0.479 e. The van der Waals surface area contributed by atoms with Gasteiger partial charge >= 0.3 is 5.97 Å². The highest BCUT2D eigenvalue weighted by molar-refractivity contribution is 7.98. The molecule has 0 fully saturated rings. The van der Waals surface area contributed by atoms with Gasteiger partial charge in [0.25, 0.3) is 0 Å². The molecular formula is C9H14N2O3S. The third kappa shape index (κ3) is 2.73. The number of carboxylic acid groups (broad SMARTS) is 1. The van der Waals surface area contributed by atoms with Crippen molar-refractivity contribution in [2.45, 2.75) is 30.9 Å². The first-order chi connectivity index (χ1) is 7.10. The van der Waals surface area contributed by atoms with Gasteiger partial charge in [0.1, 0.15) is 10.9 Å². The minimum absolute atomic E-state index is 0.276. The van der Waals surface area contributed by atoms with E-state index in [1.807, 2.05) is 6.92 Å². The molecule has 0 amide bonds. The Labute approximate surface area is 91.9 Å². The number of carbonyl (C=O) groups is 1. The number of H-pyrrole nitrogens is 1. The van der Waals surface area contributed by atoms with Gasteiger partial charge in [0.2, 0.25) is 0 Å². The van der Waals surface area contributed by atoms with E-state index in [4.69, 9.17) is 5.11 Å². The first-order valence-electron chi connectivity index (χ1n) is 4.63. The summed E-state index contributed by atoms with van der Waals surface area (Å²) >= 11 is 1.32. The van der Waals surface area contributed by atoms with Crippen LogP contribution >= 0.6 is 11.8 Å². The quantitative estimate of drug-likeness (QED) is 0.662. The second-order valence-electron chi connectivity index (χ2n) is 3.10. The lowest BCUT2D eigenvalue weighted by atomic mass is 10.3. The van der Waals surface area contributed by atoms with Crippen LogP contribution in [0.3, 0.4) is 0 Å². The highest BCUT2D eigenvalue weighted by atomic mass is 32.2. The standard InChI is InChI=1S/C9H14N2O3S/c1-3-4-5-10-6(7(12)9(13)14)8(11-5)15-2/h7,12H,3-4H2,1-2H3,(H,10,11)(H,13,14). The second kappa shape index (κ2) is 5.18. The molecule has 1 rings (SSSR count). The zero-order valence-corrected chi connectivity index (χ0v) is 9.47. The van der Waals surface area contributed by atoms with E-state index in [1.54, 1.807) is 6.26 Å². The van der Waals surface area contributed by atoms with E-state index in [9.17, 15) is 9.90 Å². The molecule has 0 aliphatic rings. The number of aromatic amines is 1. The molecule has 3 N–H and O–H groups in total. The maximum absolute atomic E-state index is 10.6. The van der Waals surface area contributed by atoms with Crippen molar-refractivity contribution in [2.24, 2.45) is 0 Å². The van der Waals surface area contributed by atoms with Crippen LogP contribution < -0.4 is 0 Å². The van der Waals surface area contributed by atoms with Crippen molar-refractivity contribution < 1.29 is 15.0 Å². The Morgan fingerprint density at radius 3 is 2.80 bits per heavy atom. The van der Waals surface area contributed by atoms with Crippen molar-refractivity contribution >= 4 is 17.7 Å². The third-order valence-corrected chi connectivity index (χ3v) is 2.63. The van der Waals surface area contributed by atoms with Crippen LogP contribution in [0, 0.1) is 0 Å². The first kappa shape index (κ1) is 12.1. The molecule has 1 unspecified atom stereocenters. The van der Waals surface area contributed by atoms with Crippen LogP contribution in [0.25, 0.3) is 0 Å². The van der Waals surface area contributed by atoms with Gasteiger partial charge in [0.05, 0.1) is 5.69 Å². The fourth-order valence-corrected chi connectivity index (χ4v) is 1.82. The lowest BCUT2D eigenvalue weighted by molar-refractivity contribution is -0.147. The molecule has 5 nitrogen and oxygen atoms in total. The highest BCUT2D eigenvalue weighted by Crippen LogP contribution is 2.24. The van der Waals surface area contributed by atoms with E-state index in [2.05, 4.69) is 9.97 Å². The lowest BCUT2D eigenvalue weighted by Gasteiger charge is -2.03. The van der Waals surface area contributed by atoms with E-state index in [0.717, 1.165) is 18.7 Å². The van der Waals surface area contributed by atoms with Gasteiger partial charge in [0.15, 0.2) is 6.10 Å². The summed E-state index contributed by atoms with van der Waals surface area (Å²) in [5.41, 5.74) is 0.276. The van der Waals surface area contributed by atoms with Crippen LogP contribution in [0.1, 0.15) is 31.0 Å². The van der Waals surface area contributed by atoms with Crippen LogP contribution in [0.15, 0.2) is 5.03 Å². The molecule has 0 radical (unpaired) electrons. The fourth-order valence-electron chi connectivity index (χ4n) is 1.24. The number of hydrogen-bond acceptors (Lipinski definition) is 4. The molecule has 84 valence electrons. The summed E-state index contributed by atoms with van der Waals surface area (Å²) in [7, 11) is 0. The smallest absolute Gasteiger partial charge is 0.338 e. The van der Waals surface area contributed by atoms with Gasteiger partial charge < -0.3 is 15.2 Å². The SMILES string of the molecule is CCCc1nc(SC)c(C(O)C(=O)O)[nH]1. The van der Waals surface area contributed by atoms with E-state index in [1.165, 1.54) is 11.8 Å². The molecule has 1 atom stereocenters. The molecule has 0 saturated heterocycles. The summed E-state index contributed by atoms with van der Waals surface area (Å²) in [4.78, 5) is 17.7. The van der Waals surface area contributed by atoms with Crippen LogP contribution in [0.4, 0.5) is 0 Å². The Bertz CT molecular complexity index is 351. The molecular weight excluding hydrogens is 216 g/mol. The number of aliphatic hydroxyl groups is 1. The summed E-state index contributed by atoms with van der Waals surface area (Å²) in [6.07, 6.45) is 1.94. The van der Waals surface area contributed by atoms with Gasteiger partial charge in [-0.1, -0.05) is 6.92 Å². The van der Waals surface area contributed by atoms with E-state index in [0.29, 0.717) is 5.03 Å². The van der Waals surface area contributed by atoms with E-state index >= 15 is 0 Å². The molecule has 0 aromatic carbocycles. The summed E-state index contributed by atoms with van der Waals surface area (Å²) in [6.45, 7) is 2.01. The summed E-state index contributed by atoms with van der Waals surface area (Å²) in [5, 5.41) is 18.6. The number of nitrogens with zero attached hydrogens (tertiary/aromatic N) is 1. The van der Waals surface area contributed by atoms with Gasteiger partial charge in [0, 0.05) is 6.42 Å². The number of hydrogen-bond donors (Lipinski definition) is 3. The molecule has 0 saturated carbocycles. The molecule has 1 heterocycles. The number of nitrogens with one attached hydrogen (secondary N) is 1. The van der Waals surface area contributed by atoms with E-state index in [-0.39, 0.29) is 5.69 Å². The first-order valence-corrected chi connectivity index (χ1v) is 5.86. The molecule has 1 aromatic rings. The zero-order valence-electron chi connectivity index (χ0n) is 8.65.